The third-order valence-corrected chi connectivity index (χ3v) is 4.78. The fourth-order valence-electron chi connectivity index (χ4n) is 3.45. The van der Waals surface area contributed by atoms with Crippen LogP contribution in [-0.4, -0.2) is 73.5 Å². The number of amides is 1. The van der Waals surface area contributed by atoms with Crippen LogP contribution in [0.4, 0.5) is 0 Å². The standard InChI is InChI=1S/C18H35N5O.HI/c1-4-19-18(20-9-7-12-22-10-5-6-11-22)21-16-8-13-23(14-16)17(24)15(2)3;/h15-16H,4-14H2,1-3H3,(H2,19,20,21);1H. The normalized spacial score (nSPS) is 21.5. The first-order valence-corrected chi connectivity index (χ1v) is 9.66. The summed E-state index contributed by atoms with van der Waals surface area (Å²) in [4.78, 5) is 21.3. The summed E-state index contributed by atoms with van der Waals surface area (Å²) in [5.74, 6) is 1.23. The number of aliphatic imine (C=N–C) groups is 1. The molecule has 1 unspecified atom stereocenters. The van der Waals surface area contributed by atoms with Crippen molar-refractivity contribution in [2.45, 2.75) is 52.5 Å². The van der Waals surface area contributed by atoms with E-state index in [1.807, 2.05) is 18.7 Å². The van der Waals surface area contributed by atoms with Crippen molar-refractivity contribution in [3.63, 3.8) is 0 Å². The van der Waals surface area contributed by atoms with Crippen LogP contribution in [0.25, 0.3) is 0 Å². The van der Waals surface area contributed by atoms with Gasteiger partial charge >= 0.3 is 0 Å². The zero-order valence-corrected chi connectivity index (χ0v) is 18.4. The van der Waals surface area contributed by atoms with Gasteiger partial charge in [-0.05, 0) is 52.2 Å². The van der Waals surface area contributed by atoms with Crippen LogP contribution in [0, 0.1) is 5.92 Å². The van der Waals surface area contributed by atoms with E-state index in [1.165, 1.54) is 25.9 Å². The second-order valence-electron chi connectivity index (χ2n) is 7.23. The molecule has 0 saturated carbocycles. The van der Waals surface area contributed by atoms with Crippen LogP contribution in [-0.2, 0) is 4.79 Å². The van der Waals surface area contributed by atoms with Crippen molar-refractivity contribution in [3.05, 3.63) is 0 Å². The van der Waals surface area contributed by atoms with Crippen molar-refractivity contribution in [1.82, 2.24) is 20.4 Å². The first-order valence-electron chi connectivity index (χ1n) is 9.66. The third kappa shape index (κ3) is 7.68. The van der Waals surface area contributed by atoms with Gasteiger partial charge in [-0.2, -0.15) is 0 Å². The van der Waals surface area contributed by atoms with Crippen LogP contribution >= 0.6 is 24.0 Å². The average Bonchev–Trinajstić information content (AvgIpc) is 3.22. The highest BCUT2D eigenvalue weighted by molar-refractivity contribution is 14.0. The number of halogens is 1. The number of hydrogen-bond donors (Lipinski definition) is 2. The fourth-order valence-corrected chi connectivity index (χ4v) is 3.45. The molecule has 2 saturated heterocycles. The Kier molecular flexibility index (Phi) is 10.7. The van der Waals surface area contributed by atoms with Crippen molar-refractivity contribution in [2.75, 3.05) is 45.8 Å². The number of carbonyl (C=O) groups is 1. The van der Waals surface area contributed by atoms with E-state index in [4.69, 9.17) is 4.99 Å². The minimum Gasteiger partial charge on any atom is -0.357 e. The molecule has 0 aromatic heterocycles. The summed E-state index contributed by atoms with van der Waals surface area (Å²) in [5, 5.41) is 6.83. The molecule has 2 fully saturated rings. The monoisotopic (exact) mass is 465 g/mol. The molecule has 2 aliphatic heterocycles. The summed E-state index contributed by atoms with van der Waals surface area (Å²) in [6.45, 7) is 13.0. The lowest BCUT2D eigenvalue weighted by molar-refractivity contribution is -0.133. The molecule has 2 heterocycles. The zero-order valence-electron chi connectivity index (χ0n) is 16.1. The van der Waals surface area contributed by atoms with E-state index < -0.39 is 0 Å². The molecular weight excluding hydrogens is 429 g/mol. The van der Waals surface area contributed by atoms with E-state index in [1.54, 1.807) is 0 Å². The van der Waals surface area contributed by atoms with Gasteiger partial charge in [-0.15, -0.1) is 24.0 Å². The Morgan fingerprint density at radius 2 is 1.96 bits per heavy atom. The molecule has 2 N–H and O–H groups in total. The van der Waals surface area contributed by atoms with Crippen molar-refractivity contribution in [3.8, 4) is 0 Å². The van der Waals surface area contributed by atoms with Gasteiger partial charge in [-0.1, -0.05) is 13.8 Å². The Hall–Kier alpha value is -0.570. The SMILES string of the molecule is CCNC(=NCCCN1CCCC1)NC1CCN(C(=O)C(C)C)C1.I. The van der Waals surface area contributed by atoms with Crippen LogP contribution in [0.1, 0.15) is 46.5 Å². The van der Waals surface area contributed by atoms with Crippen molar-refractivity contribution < 1.29 is 4.79 Å². The number of nitrogens with one attached hydrogen (secondary N) is 2. The van der Waals surface area contributed by atoms with E-state index in [0.29, 0.717) is 6.04 Å². The number of guanidine groups is 1. The van der Waals surface area contributed by atoms with Crippen molar-refractivity contribution in [2.24, 2.45) is 10.9 Å². The molecule has 0 radical (unpaired) electrons. The Morgan fingerprint density at radius 3 is 2.60 bits per heavy atom. The van der Waals surface area contributed by atoms with Gasteiger partial charge in [0.15, 0.2) is 5.96 Å². The summed E-state index contributed by atoms with van der Waals surface area (Å²) < 4.78 is 0. The second-order valence-corrected chi connectivity index (χ2v) is 7.23. The molecule has 0 aliphatic carbocycles. The highest BCUT2D eigenvalue weighted by Crippen LogP contribution is 2.12. The van der Waals surface area contributed by atoms with Crippen LogP contribution < -0.4 is 10.6 Å². The summed E-state index contributed by atoms with van der Waals surface area (Å²) in [6.07, 6.45) is 4.80. The second kappa shape index (κ2) is 11.9. The first-order chi connectivity index (χ1) is 11.6. The Labute approximate surface area is 170 Å². The van der Waals surface area contributed by atoms with E-state index >= 15 is 0 Å². The van der Waals surface area contributed by atoms with Crippen molar-refractivity contribution in [1.29, 1.82) is 0 Å². The quantitative estimate of drug-likeness (QED) is 0.261. The topological polar surface area (TPSA) is 60.0 Å². The Morgan fingerprint density at radius 1 is 1.24 bits per heavy atom. The highest BCUT2D eigenvalue weighted by atomic mass is 127. The average molecular weight is 465 g/mol. The molecule has 0 bridgehead atoms. The van der Waals surface area contributed by atoms with E-state index in [2.05, 4.69) is 22.5 Å². The number of nitrogens with zero attached hydrogens (tertiary/aromatic N) is 3. The van der Waals surface area contributed by atoms with Crippen LogP contribution in [0.3, 0.4) is 0 Å². The lowest BCUT2D eigenvalue weighted by Gasteiger charge is -2.20. The fraction of sp³-hybridized carbons (Fsp3) is 0.889. The first kappa shape index (κ1) is 22.5. The molecule has 1 amide bonds. The summed E-state index contributed by atoms with van der Waals surface area (Å²) in [5.41, 5.74) is 0. The van der Waals surface area contributed by atoms with Gasteiger partial charge in [-0.25, -0.2) is 0 Å². The zero-order chi connectivity index (χ0) is 17.4. The van der Waals surface area contributed by atoms with Crippen LogP contribution in [0.5, 0.6) is 0 Å². The lowest BCUT2D eigenvalue weighted by atomic mass is 10.2. The maximum absolute atomic E-state index is 12.1. The summed E-state index contributed by atoms with van der Waals surface area (Å²) in [7, 11) is 0. The number of hydrogen-bond acceptors (Lipinski definition) is 3. The van der Waals surface area contributed by atoms with Gasteiger partial charge in [0, 0.05) is 38.1 Å². The van der Waals surface area contributed by atoms with Crippen LogP contribution in [0.15, 0.2) is 4.99 Å². The number of carbonyl (C=O) groups excluding carboxylic acids is 1. The molecule has 6 nitrogen and oxygen atoms in total. The van der Waals surface area contributed by atoms with E-state index in [0.717, 1.165) is 51.5 Å². The summed E-state index contributed by atoms with van der Waals surface area (Å²) >= 11 is 0. The minimum absolute atomic E-state index is 0. The molecule has 146 valence electrons. The van der Waals surface area contributed by atoms with Gasteiger partial charge in [0.25, 0.3) is 0 Å². The Bertz CT molecular complexity index is 424. The maximum Gasteiger partial charge on any atom is 0.225 e. The molecule has 25 heavy (non-hydrogen) atoms. The molecule has 2 aliphatic rings. The van der Waals surface area contributed by atoms with Gasteiger partial charge in [0.05, 0.1) is 0 Å². The predicted octanol–water partition coefficient (Wildman–Crippen LogP) is 1.90. The molecule has 7 heteroatoms. The van der Waals surface area contributed by atoms with Gasteiger partial charge in [-0.3, -0.25) is 9.79 Å². The minimum atomic E-state index is 0. The third-order valence-electron chi connectivity index (χ3n) is 4.78. The van der Waals surface area contributed by atoms with Crippen LogP contribution in [0.2, 0.25) is 0 Å². The number of rotatable bonds is 7. The molecule has 0 spiro atoms. The van der Waals surface area contributed by atoms with Gasteiger partial charge in [0.1, 0.15) is 0 Å². The maximum atomic E-state index is 12.1. The summed E-state index contributed by atoms with van der Waals surface area (Å²) in [6, 6.07) is 0.309. The number of likely N-dealkylation sites (tertiary alicyclic amines) is 2. The molecule has 2 rings (SSSR count). The van der Waals surface area contributed by atoms with E-state index in [-0.39, 0.29) is 35.8 Å². The molecular formula is C18H36IN5O. The van der Waals surface area contributed by atoms with Gasteiger partial charge < -0.3 is 20.4 Å². The van der Waals surface area contributed by atoms with E-state index in [9.17, 15) is 4.79 Å². The lowest BCUT2D eigenvalue weighted by Crippen LogP contribution is -2.45. The molecule has 0 aromatic rings. The van der Waals surface area contributed by atoms with Gasteiger partial charge in [0.2, 0.25) is 5.91 Å². The molecule has 1 atom stereocenters. The smallest absolute Gasteiger partial charge is 0.225 e. The van der Waals surface area contributed by atoms with Crippen molar-refractivity contribution >= 4 is 35.8 Å². The highest BCUT2D eigenvalue weighted by Gasteiger charge is 2.27. The predicted molar refractivity (Wildman–Crippen MR) is 115 cm³/mol. The largest absolute Gasteiger partial charge is 0.357 e. The Balaban J connectivity index is 0.00000312. The molecule has 0 aromatic carbocycles.